The SMILES string of the molecule is CCCN(CC(=O)OC)c1c(C)cccc1C(N)=S. The lowest BCUT2D eigenvalue weighted by atomic mass is 10.1. The molecular weight excluding hydrogens is 260 g/mol. The maximum absolute atomic E-state index is 11.5. The van der Waals surface area contributed by atoms with Crippen LogP contribution in [-0.2, 0) is 9.53 Å². The summed E-state index contributed by atoms with van der Waals surface area (Å²) in [5.41, 5.74) is 8.53. The van der Waals surface area contributed by atoms with Gasteiger partial charge in [0.05, 0.1) is 12.8 Å². The molecule has 0 bridgehead atoms. The third-order valence-corrected chi connectivity index (χ3v) is 3.08. The van der Waals surface area contributed by atoms with Crippen LogP contribution in [0.5, 0.6) is 0 Å². The highest BCUT2D eigenvalue weighted by atomic mass is 32.1. The van der Waals surface area contributed by atoms with Crippen molar-refractivity contribution in [2.24, 2.45) is 5.73 Å². The van der Waals surface area contributed by atoms with Gasteiger partial charge < -0.3 is 15.4 Å². The Morgan fingerprint density at radius 1 is 1.47 bits per heavy atom. The molecule has 0 fully saturated rings. The molecule has 0 amide bonds. The van der Waals surface area contributed by atoms with Crippen molar-refractivity contribution in [1.29, 1.82) is 0 Å². The molecule has 0 saturated heterocycles. The quantitative estimate of drug-likeness (QED) is 0.638. The van der Waals surface area contributed by atoms with Gasteiger partial charge in [-0.25, -0.2) is 0 Å². The van der Waals surface area contributed by atoms with Gasteiger partial charge in [-0.2, -0.15) is 0 Å². The fraction of sp³-hybridized carbons (Fsp3) is 0.429. The molecular formula is C14H20N2O2S. The first kappa shape index (κ1) is 15.4. The lowest BCUT2D eigenvalue weighted by Gasteiger charge is -2.27. The topological polar surface area (TPSA) is 55.6 Å². The molecule has 4 nitrogen and oxygen atoms in total. The normalized spacial score (nSPS) is 10.1. The first-order chi connectivity index (χ1) is 9.01. The van der Waals surface area contributed by atoms with Crippen LogP contribution in [0.3, 0.4) is 0 Å². The number of carbonyl (C=O) groups is 1. The minimum Gasteiger partial charge on any atom is -0.468 e. The number of rotatable bonds is 6. The zero-order valence-corrected chi connectivity index (χ0v) is 12.4. The van der Waals surface area contributed by atoms with E-state index < -0.39 is 0 Å². The van der Waals surface area contributed by atoms with Crippen LogP contribution in [0.4, 0.5) is 5.69 Å². The maximum Gasteiger partial charge on any atom is 0.325 e. The number of nitrogens with zero attached hydrogens (tertiary/aromatic N) is 1. The van der Waals surface area contributed by atoms with E-state index >= 15 is 0 Å². The third-order valence-electron chi connectivity index (χ3n) is 2.86. The second-order valence-corrected chi connectivity index (χ2v) is 4.77. The first-order valence-corrected chi connectivity index (χ1v) is 6.63. The third kappa shape index (κ3) is 3.92. The zero-order chi connectivity index (χ0) is 14.4. The summed E-state index contributed by atoms with van der Waals surface area (Å²) in [6, 6.07) is 5.78. The predicted molar refractivity (Wildman–Crippen MR) is 81.6 cm³/mol. The van der Waals surface area contributed by atoms with Gasteiger partial charge in [-0.1, -0.05) is 31.3 Å². The van der Waals surface area contributed by atoms with Crippen molar-refractivity contribution in [2.75, 3.05) is 25.1 Å². The number of esters is 1. The number of para-hydroxylation sites is 1. The van der Waals surface area contributed by atoms with Gasteiger partial charge in [0, 0.05) is 12.1 Å². The fourth-order valence-electron chi connectivity index (χ4n) is 2.04. The second-order valence-electron chi connectivity index (χ2n) is 4.33. The van der Waals surface area contributed by atoms with E-state index in [1.54, 1.807) is 0 Å². The van der Waals surface area contributed by atoms with Crippen LogP contribution in [0.2, 0.25) is 0 Å². The van der Waals surface area contributed by atoms with Crippen molar-refractivity contribution in [3.05, 3.63) is 29.3 Å². The lowest BCUT2D eigenvalue weighted by Crippen LogP contribution is -2.33. The molecule has 0 heterocycles. The van der Waals surface area contributed by atoms with Crippen molar-refractivity contribution in [2.45, 2.75) is 20.3 Å². The number of thiocarbonyl (C=S) groups is 1. The number of aryl methyl sites for hydroxylation is 1. The number of ether oxygens (including phenoxy) is 1. The molecule has 1 aromatic rings. The van der Waals surface area contributed by atoms with Crippen molar-refractivity contribution in [1.82, 2.24) is 0 Å². The Kier molecular flexibility index (Phi) is 5.76. The van der Waals surface area contributed by atoms with E-state index in [1.807, 2.05) is 30.0 Å². The molecule has 0 radical (unpaired) electrons. The molecule has 2 N–H and O–H groups in total. The molecule has 0 aliphatic carbocycles. The summed E-state index contributed by atoms with van der Waals surface area (Å²) < 4.78 is 4.74. The van der Waals surface area contributed by atoms with Crippen LogP contribution >= 0.6 is 12.2 Å². The fourth-order valence-corrected chi connectivity index (χ4v) is 2.20. The van der Waals surface area contributed by atoms with Crippen LogP contribution in [0, 0.1) is 6.92 Å². The molecule has 1 rings (SSSR count). The molecule has 0 aromatic heterocycles. The summed E-state index contributed by atoms with van der Waals surface area (Å²) in [5.74, 6) is -0.273. The number of nitrogens with two attached hydrogens (primary N) is 1. The highest BCUT2D eigenvalue weighted by molar-refractivity contribution is 7.80. The monoisotopic (exact) mass is 280 g/mol. The minimum absolute atomic E-state index is 0.199. The van der Waals surface area contributed by atoms with Crippen LogP contribution in [0.25, 0.3) is 0 Å². The molecule has 0 unspecified atom stereocenters. The summed E-state index contributed by atoms with van der Waals surface area (Å²) in [5, 5.41) is 0. The Morgan fingerprint density at radius 2 is 2.16 bits per heavy atom. The van der Waals surface area contributed by atoms with Crippen LogP contribution in [0.1, 0.15) is 24.5 Å². The number of anilines is 1. The van der Waals surface area contributed by atoms with E-state index in [4.69, 9.17) is 22.7 Å². The summed E-state index contributed by atoms with van der Waals surface area (Å²) in [6.07, 6.45) is 0.919. The summed E-state index contributed by atoms with van der Waals surface area (Å²) in [6.45, 7) is 4.99. The number of methoxy groups -OCH3 is 1. The molecule has 5 heteroatoms. The number of carbonyl (C=O) groups excluding carboxylic acids is 1. The van der Waals surface area contributed by atoms with Crippen LogP contribution < -0.4 is 10.6 Å². The Morgan fingerprint density at radius 3 is 2.68 bits per heavy atom. The van der Waals surface area contributed by atoms with E-state index in [2.05, 4.69) is 6.92 Å². The van der Waals surface area contributed by atoms with E-state index in [0.29, 0.717) is 4.99 Å². The Balaban J connectivity index is 3.20. The van der Waals surface area contributed by atoms with Crippen molar-refractivity contribution in [3.8, 4) is 0 Å². The number of hydrogen-bond donors (Lipinski definition) is 1. The number of hydrogen-bond acceptors (Lipinski definition) is 4. The summed E-state index contributed by atoms with van der Waals surface area (Å²) in [4.78, 5) is 13.8. The van der Waals surface area contributed by atoms with Crippen molar-refractivity contribution >= 4 is 28.9 Å². The lowest BCUT2D eigenvalue weighted by molar-refractivity contribution is -0.138. The van der Waals surface area contributed by atoms with Gasteiger partial charge in [0.2, 0.25) is 0 Å². The van der Waals surface area contributed by atoms with Gasteiger partial charge in [-0.3, -0.25) is 4.79 Å². The molecule has 0 atom stereocenters. The Hall–Kier alpha value is -1.62. The van der Waals surface area contributed by atoms with Gasteiger partial charge in [0.15, 0.2) is 0 Å². The van der Waals surface area contributed by atoms with Gasteiger partial charge in [-0.05, 0) is 25.0 Å². The van der Waals surface area contributed by atoms with Gasteiger partial charge in [0.1, 0.15) is 11.5 Å². The van der Waals surface area contributed by atoms with Gasteiger partial charge >= 0.3 is 5.97 Å². The van der Waals surface area contributed by atoms with E-state index in [9.17, 15) is 4.79 Å². The molecule has 0 aliphatic rings. The average Bonchev–Trinajstić information content (AvgIpc) is 2.37. The number of benzene rings is 1. The highest BCUT2D eigenvalue weighted by Gasteiger charge is 2.17. The first-order valence-electron chi connectivity index (χ1n) is 6.22. The minimum atomic E-state index is -0.273. The summed E-state index contributed by atoms with van der Waals surface area (Å²) in [7, 11) is 1.39. The van der Waals surface area contributed by atoms with E-state index in [1.165, 1.54) is 7.11 Å². The summed E-state index contributed by atoms with van der Waals surface area (Å²) >= 11 is 5.09. The van der Waals surface area contributed by atoms with Crippen molar-refractivity contribution < 1.29 is 9.53 Å². The molecule has 104 valence electrons. The highest BCUT2D eigenvalue weighted by Crippen LogP contribution is 2.25. The average molecular weight is 280 g/mol. The van der Waals surface area contributed by atoms with Gasteiger partial charge in [0.25, 0.3) is 0 Å². The van der Waals surface area contributed by atoms with Crippen LogP contribution in [-0.4, -0.2) is 31.2 Å². The smallest absolute Gasteiger partial charge is 0.325 e. The van der Waals surface area contributed by atoms with Gasteiger partial charge in [-0.15, -0.1) is 0 Å². The molecule has 1 aromatic carbocycles. The Bertz CT molecular complexity index is 475. The molecule has 0 saturated carbocycles. The van der Waals surface area contributed by atoms with Crippen LogP contribution in [0.15, 0.2) is 18.2 Å². The molecule has 0 aliphatic heterocycles. The van der Waals surface area contributed by atoms with E-state index in [-0.39, 0.29) is 12.5 Å². The Labute approximate surface area is 119 Å². The van der Waals surface area contributed by atoms with Crippen molar-refractivity contribution in [3.63, 3.8) is 0 Å². The predicted octanol–water partition coefficient (Wildman–Crippen LogP) is 2.02. The largest absolute Gasteiger partial charge is 0.468 e. The molecule has 0 spiro atoms. The second kappa shape index (κ2) is 7.09. The standard InChI is InChI=1S/C14H20N2O2S/c1-4-8-16(9-12(17)18-3)13-10(2)6-5-7-11(13)14(15)19/h5-7H,4,8-9H2,1-3H3,(H2,15,19). The zero-order valence-electron chi connectivity index (χ0n) is 11.6. The molecule has 19 heavy (non-hydrogen) atoms. The van der Waals surface area contributed by atoms with E-state index in [0.717, 1.165) is 29.8 Å². The maximum atomic E-state index is 11.5.